The van der Waals surface area contributed by atoms with Crippen LogP contribution in [0.2, 0.25) is 0 Å². The third kappa shape index (κ3) is 6.55. The first-order chi connectivity index (χ1) is 19.9. The number of aromatic nitrogens is 4. The third-order valence-electron chi connectivity index (χ3n) is 7.17. The fraction of sp³-hybridized carbons (Fsp3) is 0.273. The molecule has 3 aromatic carbocycles. The maximum Gasteiger partial charge on any atom is 0.439 e. The summed E-state index contributed by atoms with van der Waals surface area (Å²) in [7, 11) is 0. The molecule has 1 atom stereocenters. The number of ether oxygens (including phenoxy) is 1. The van der Waals surface area contributed by atoms with Crippen LogP contribution < -0.4 is 16.1 Å². The SMILES string of the molecule is CCCc1nc(C)n(-c2ccc(OC(C)CC)cc2)c(=O)c1Cc1ccc(-c2ccccc2)c(-c2noc(=O)[nH]2)c1.Cl. The highest BCUT2D eigenvalue weighted by Gasteiger charge is 2.19. The van der Waals surface area contributed by atoms with Crippen LogP contribution in [-0.4, -0.2) is 25.8 Å². The van der Waals surface area contributed by atoms with Gasteiger partial charge in [-0.15, -0.1) is 12.4 Å². The molecule has 0 amide bonds. The van der Waals surface area contributed by atoms with E-state index in [0.717, 1.165) is 46.7 Å². The standard InChI is InChI=1S/C33H34N4O4.ClH/c1-5-10-30-29(32(38)37(22(4)34-30)25-14-16-26(17-15-25)40-21(3)6-2)20-23-13-18-27(24-11-8-7-9-12-24)28(19-23)31-35-33(39)41-36-31;/h7-9,11-19,21H,5-6,10,20H2,1-4H3,(H,35,36,39);1H. The molecule has 5 rings (SSSR count). The number of rotatable bonds is 10. The van der Waals surface area contributed by atoms with Crippen LogP contribution in [0.5, 0.6) is 5.75 Å². The summed E-state index contributed by atoms with van der Waals surface area (Å²) in [5.41, 5.74) is 5.56. The number of nitrogens with one attached hydrogen (secondary N) is 1. The summed E-state index contributed by atoms with van der Waals surface area (Å²) in [5.74, 6) is 1.11. The van der Waals surface area contributed by atoms with E-state index in [1.807, 2.05) is 86.6 Å². The molecule has 42 heavy (non-hydrogen) atoms. The molecule has 0 aliphatic rings. The molecule has 2 heterocycles. The summed E-state index contributed by atoms with van der Waals surface area (Å²) in [5, 5.41) is 3.95. The van der Waals surface area contributed by atoms with Crippen molar-refractivity contribution < 1.29 is 9.26 Å². The molecule has 0 bridgehead atoms. The van der Waals surface area contributed by atoms with Gasteiger partial charge < -0.3 is 4.74 Å². The van der Waals surface area contributed by atoms with Crippen LogP contribution in [0.15, 0.2) is 86.9 Å². The van der Waals surface area contributed by atoms with E-state index >= 15 is 0 Å². The van der Waals surface area contributed by atoms with Crippen LogP contribution >= 0.6 is 12.4 Å². The van der Waals surface area contributed by atoms with E-state index in [9.17, 15) is 9.59 Å². The molecule has 0 spiro atoms. The minimum atomic E-state index is -0.624. The fourth-order valence-electron chi connectivity index (χ4n) is 4.95. The minimum absolute atomic E-state index is 0. The molecule has 8 nitrogen and oxygen atoms in total. The lowest BCUT2D eigenvalue weighted by atomic mass is 9.94. The van der Waals surface area contributed by atoms with Gasteiger partial charge in [0.05, 0.1) is 17.5 Å². The fourth-order valence-corrected chi connectivity index (χ4v) is 4.95. The number of H-pyrrole nitrogens is 1. The average Bonchev–Trinajstić information content (AvgIpc) is 3.42. The Morgan fingerprint density at radius 3 is 2.36 bits per heavy atom. The average molecular weight is 587 g/mol. The van der Waals surface area contributed by atoms with Gasteiger partial charge in [0.1, 0.15) is 11.6 Å². The Morgan fingerprint density at radius 2 is 1.71 bits per heavy atom. The van der Waals surface area contributed by atoms with Gasteiger partial charge in [-0.3, -0.25) is 18.9 Å². The number of hydrogen-bond donors (Lipinski definition) is 1. The number of hydrogen-bond acceptors (Lipinski definition) is 6. The quantitative estimate of drug-likeness (QED) is 0.195. The molecular formula is C33H35ClN4O4. The molecule has 0 saturated heterocycles. The smallest absolute Gasteiger partial charge is 0.439 e. The number of aryl methyl sites for hydroxylation is 2. The van der Waals surface area contributed by atoms with Crippen molar-refractivity contribution >= 4 is 12.4 Å². The molecule has 0 fully saturated rings. The molecule has 2 aromatic heterocycles. The molecule has 0 aliphatic heterocycles. The van der Waals surface area contributed by atoms with Gasteiger partial charge in [-0.05, 0) is 73.7 Å². The van der Waals surface area contributed by atoms with E-state index in [1.54, 1.807) is 4.57 Å². The highest BCUT2D eigenvalue weighted by atomic mass is 35.5. The van der Waals surface area contributed by atoms with E-state index in [-0.39, 0.29) is 24.1 Å². The Hall–Kier alpha value is -4.43. The van der Waals surface area contributed by atoms with Crippen molar-refractivity contribution in [3.05, 3.63) is 116 Å². The van der Waals surface area contributed by atoms with Crippen molar-refractivity contribution in [3.8, 4) is 34.0 Å². The Labute approximate surface area is 250 Å². The van der Waals surface area contributed by atoms with Crippen molar-refractivity contribution in [1.29, 1.82) is 0 Å². The second-order valence-electron chi connectivity index (χ2n) is 10.2. The first-order valence-electron chi connectivity index (χ1n) is 14.0. The van der Waals surface area contributed by atoms with Gasteiger partial charge in [0.15, 0.2) is 5.82 Å². The van der Waals surface area contributed by atoms with Crippen LogP contribution in [0.25, 0.3) is 28.2 Å². The summed E-state index contributed by atoms with van der Waals surface area (Å²) in [6, 6.07) is 23.4. The molecule has 1 unspecified atom stereocenters. The predicted octanol–water partition coefficient (Wildman–Crippen LogP) is 6.69. The second-order valence-corrected chi connectivity index (χ2v) is 10.2. The van der Waals surface area contributed by atoms with Gasteiger partial charge in [-0.25, -0.2) is 9.78 Å². The highest BCUT2D eigenvalue weighted by Crippen LogP contribution is 2.31. The monoisotopic (exact) mass is 586 g/mol. The maximum atomic E-state index is 14.1. The Kier molecular flexibility index (Phi) is 9.80. The van der Waals surface area contributed by atoms with Crippen LogP contribution in [0, 0.1) is 6.92 Å². The first kappa shape index (κ1) is 30.5. The van der Waals surface area contributed by atoms with Crippen molar-refractivity contribution in [2.45, 2.75) is 59.5 Å². The van der Waals surface area contributed by atoms with Crippen molar-refractivity contribution in [2.24, 2.45) is 0 Å². The minimum Gasteiger partial charge on any atom is -0.491 e. The largest absolute Gasteiger partial charge is 0.491 e. The van der Waals surface area contributed by atoms with Crippen molar-refractivity contribution in [1.82, 2.24) is 19.7 Å². The summed E-state index contributed by atoms with van der Waals surface area (Å²) in [6.07, 6.45) is 2.95. The first-order valence-corrected chi connectivity index (χ1v) is 14.0. The molecule has 218 valence electrons. The Bertz CT molecular complexity index is 1760. The van der Waals surface area contributed by atoms with Gasteiger partial charge >= 0.3 is 5.76 Å². The zero-order valence-electron chi connectivity index (χ0n) is 24.2. The predicted molar refractivity (Wildman–Crippen MR) is 167 cm³/mol. The van der Waals surface area contributed by atoms with Gasteiger partial charge in [0.2, 0.25) is 0 Å². The van der Waals surface area contributed by atoms with Gasteiger partial charge in [-0.2, -0.15) is 0 Å². The number of nitrogens with zero attached hydrogens (tertiary/aromatic N) is 3. The molecule has 0 radical (unpaired) electrons. The zero-order valence-corrected chi connectivity index (χ0v) is 25.0. The molecule has 0 aliphatic carbocycles. The van der Waals surface area contributed by atoms with E-state index in [1.165, 1.54) is 0 Å². The van der Waals surface area contributed by atoms with E-state index in [0.29, 0.717) is 35.6 Å². The Balaban J connectivity index is 0.00000405. The number of halogens is 1. The highest BCUT2D eigenvalue weighted by molar-refractivity contribution is 5.85. The van der Waals surface area contributed by atoms with E-state index < -0.39 is 5.76 Å². The summed E-state index contributed by atoms with van der Waals surface area (Å²) < 4.78 is 12.4. The third-order valence-corrected chi connectivity index (χ3v) is 7.17. The molecular weight excluding hydrogens is 552 g/mol. The number of aromatic amines is 1. The lowest BCUT2D eigenvalue weighted by Crippen LogP contribution is -2.28. The van der Waals surface area contributed by atoms with Gasteiger partial charge in [0, 0.05) is 17.5 Å². The van der Waals surface area contributed by atoms with E-state index in [4.69, 9.17) is 14.2 Å². The Morgan fingerprint density at radius 1 is 0.976 bits per heavy atom. The molecule has 5 aromatic rings. The number of benzene rings is 3. The van der Waals surface area contributed by atoms with E-state index in [2.05, 4.69) is 24.0 Å². The van der Waals surface area contributed by atoms with Gasteiger partial charge in [0.25, 0.3) is 5.56 Å². The molecule has 1 N–H and O–H groups in total. The maximum absolute atomic E-state index is 14.1. The van der Waals surface area contributed by atoms with Gasteiger partial charge in [-0.1, -0.05) is 67.9 Å². The van der Waals surface area contributed by atoms with Crippen LogP contribution in [0.4, 0.5) is 0 Å². The summed E-state index contributed by atoms with van der Waals surface area (Å²) in [4.78, 5) is 33.4. The lowest BCUT2D eigenvalue weighted by Gasteiger charge is -2.17. The molecule has 9 heteroatoms. The topological polar surface area (TPSA) is 103 Å². The van der Waals surface area contributed by atoms with Crippen molar-refractivity contribution in [3.63, 3.8) is 0 Å². The molecule has 0 saturated carbocycles. The second kappa shape index (κ2) is 13.5. The normalized spacial score (nSPS) is 11.6. The van der Waals surface area contributed by atoms with Crippen LogP contribution in [0.3, 0.4) is 0 Å². The van der Waals surface area contributed by atoms with Crippen LogP contribution in [0.1, 0.15) is 56.3 Å². The summed E-state index contributed by atoms with van der Waals surface area (Å²) in [6.45, 7) is 8.05. The zero-order chi connectivity index (χ0) is 28.9. The van der Waals surface area contributed by atoms with Crippen LogP contribution in [-0.2, 0) is 12.8 Å². The summed E-state index contributed by atoms with van der Waals surface area (Å²) >= 11 is 0. The van der Waals surface area contributed by atoms with Crippen molar-refractivity contribution in [2.75, 3.05) is 0 Å². The lowest BCUT2D eigenvalue weighted by molar-refractivity contribution is 0.217.